The van der Waals surface area contributed by atoms with Crippen LogP contribution in [0.25, 0.3) is 0 Å². The van der Waals surface area contributed by atoms with Crippen LogP contribution in [0.2, 0.25) is 0 Å². The average Bonchev–Trinajstić information content (AvgIpc) is 2.26. The lowest BCUT2D eigenvalue weighted by atomic mass is 9.82. The molecule has 1 unspecified atom stereocenters. The number of methoxy groups -OCH3 is 1. The second-order valence-corrected chi connectivity index (χ2v) is 4.97. The Labute approximate surface area is 93.0 Å². The van der Waals surface area contributed by atoms with Gasteiger partial charge in [-0.1, -0.05) is 0 Å². The number of ether oxygens (including phenoxy) is 1. The molecular formula is C10H18O4S. The summed E-state index contributed by atoms with van der Waals surface area (Å²) in [5.41, 5.74) is 0. The Morgan fingerprint density at radius 2 is 1.93 bits per heavy atom. The van der Waals surface area contributed by atoms with Crippen molar-refractivity contribution >= 4 is 17.0 Å². The fourth-order valence-corrected chi connectivity index (χ4v) is 2.31. The first kappa shape index (κ1) is 12.6. The molecule has 1 aliphatic rings. The van der Waals surface area contributed by atoms with Crippen LogP contribution < -0.4 is 0 Å². The molecule has 0 aliphatic heterocycles. The first-order valence-corrected chi connectivity index (χ1v) is 6.66. The molecule has 0 amide bonds. The highest BCUT2D eigenvalue weighted by Crippen LogP contribution is 2.29. The van der Waals surface area contributed by atoms with E-state index in [4.69, 9.17) is 8.92 Å². The summed E-state index contributed by atoms with van der Waals surface area (Å²) in [7, 11) is 1.43. The van der Waals surface area contributed by atoms with E-state index in [1.54, 1.807) is 0 Å². The molecule has 1 fully saturated rings. The zero-order chi connectivity index (χ0) is 11.3. The van der Waals surface area contributed by atoms with Crippen LogP contribution in [0.1, 0.15) is 25.7 Å². The molecular weight excluding hydrogens is 216 g/mol. The zero-order valence-electron chi connectivity index (χ0n) is 9.23. The van der Waals surface area contributed by atoms with Crippen LogP contribution in [0.3, 0.4) is 0 Å². The van der Waals surface area contributed by atoms with Crippen LogP contribution in [0.4, 0.5) is 0 Å². The highest BCUT2D eigenvalue weighted by molar-refractivity contribution is 7.79. The molecule has 0 saturated heterocycles. The first-order chi connectivity index (χ1) is 7.13. The van der Waals surface area contributed by atoms with Gasteiger partial charge >= 0.3 is 5.97 Å². The summed E-state index contributed by atoms with van der Waals surface area (Å²) in [5.74, 6) is 0.390. The summed E-state index contributed by atoms with van der Waals surface area (Å²) in [4.78, 5) is 11.2. The van der Waals surface area contributed by atoms with Gasteiger partial charge in [-0.3, -0.25) is 8.98 Å². The topological polar surface area (TPSA) is 52.6 Å². The second-order valence-electron chi connectivity index (χ2n) is 3.93. The van der Waals surface area contributed by atoms with Crippen LogP contribution in [0.5, 0.6) is 0 Å². The monoisotopic (exact) mass is 234 g/mol. The Morgan fingerprint density at radius 1 is 1.33 bits per heavy atom. The van der Waals surface area contributed by atoms with Crippen molar-refractivity contribution in [3.05, 3.63) is 0 Å². The van der Waals surface area contributed by atoms with Crippen molar-refractivity contribution in [1.82, 2.24) is 0 Å². The summed E-state index contributed by atoms with van der Waals surface area (Å²) in [6, 6.07) is 0. The van der Waals surface area contributed by atoms with Gasteiger partial charge < -0.3 is 4.74 Å². The lowest BCUT2D eigenvalue weighted by Gasteiger charge is -2.26. The molecule has 15 heavy (non-hydrogen) atoms. The lowest BCUT2D eigenvalue weighted by Crippen LogP contribution is -2.25. The number of hydrogen-bond donors (Lipinski definition) is 0. The van der Waals surface area contributed by atoms with Gasteiger partial charge in [0.05, 0.1) is 19.6 Å². The van der Waals surface area contributed by atoms with Gasteiger partial charge in [-0.05, 0) is 31.6 Å². The molecule has 1 atom stereocenters. The number of carbonyl (C=O) groups is 1. The van der Waals surface area contributed by atoms with Gasteiger partial charge in [0.25, 0.3) is 0 Å². The van der Waals surface area contributed by atoms with Crippen molar-refractivity contribution in [2.45, 2.75) is 25.7 Å². The second kappa shape index (κ2) is 6.23. The molecule has 0 radical (unpaired) electrons. The maximum Gasteiger partial charge on any atom is 0.308 e. The molecule has 88 valence electrons. The van der Waals surface area contributed by atoms with Crippen LogP contribution in [-0.2, 0) is 24.8 Å². The Morgan fingerprint density at radius 3 is 2.40 bits per heavy atom. The Balaban J connectivity index is 2.23. The SMILES string of the molecule is COC(=O)[C@H]1CC[C@@H](COS(C)=O)CC1. The molecule has 0 heterocycles. The van der Waals surface area contributed by atoms with Crippen molar-refractivity contribution in [2.24, 2.45) is 11.8 Å². The van der Waals surface area contributed by atoms with Crippen LogP contribution in [0, 0.1) is 11.8 Å². The third-order valence-electron chi connectivity index (χ3n) is 2.85. The van der Waals surface area contributed by atoms with E-state index in [0.29, 0.717) is 12.5 Å². The van der Waals surface area contributed by atoms with E-state index < -0.39 is 11.1 Å². The molecule has 0 spiro atoms. The zero-order valence-corrected chi connectivity index (χ0v) is 10.0. The molecule has 0 aromatic heterocycles. The molecule has 1 aliphatic carbocycles. The fourth-order valence-electron chi connectivity index (χ4n) is 1.92. The number of rotatable bonds is 4. The van der Waals surface area contributed by atoms with E-state index in [9.17, 15) is 9.00 Å². The molecule has 5 heteroatoms. The largest absolute Gasteiger partial charge is 0.469 e. The predicted molar refractivity (Wildman–Crippen MR) is 57.5 cm³/mol. The summed E-state index contributed by atoms with van der Waals surface area (Å²) in [6.45, 7) is 0.539. The summed E-state index contributed by atoms with van der Waals surface area (Å²) < 4.78 is 20.5. The standard InChI is InChI=1S/C10H18O4S/c1-13-10(11)9-5-3-8(4-6-9)7-14-15(2)12/h8-9H,3-7H2,1-2H3/t8-,9+,15?. The van der Waals surface area contributed by atoms with Gasteiger partial charge in [0.2, 0.25) is 0 Å². The molecule has 0 aromatic rings. The molecule has 0 aromatic carbocycles. The fraction of sp³-hybridized carbons (Fsp3) is 0.900. The maximum atomic E-state index is 11.2. The minimum Gasteiger partial charge on any atom is -0.469 e. The van der Waals surface area contributed by atoms with E-state index in [1.807, 2.05) is 0 Å². The highest BCUT2D eigenvalue weighted by atomic mass is 32.2. The maximum absolute atomic E-state index is 11.2. The molecule has 4 nitrogen and oxygen atoms in total. The van der Waals surface area contributed by atoms with Crippen LogP contribution in [0.15, 0.2) is 0 Å². The van der Waals surface area contributed by atoms with Gasteiger partial charge in [-0.2, -0.15) is 0 Å². The third-order valence-corrected chi connectivity index (χ3v) is 3.32. The van der Waals surface area contributed by atoms with Gasteiger partial charge in [0, 0.05) is 6.26 Å². The molecule has 1 saturated carbocycles. The molecule has 1 rings (SSSR count). The Bertz CT molecular complexity index is 234. The van der Waals surface area contributed by atoms with Gasteiger partial charge in [0.1, 0.15) is 0 Å². The van der Waals surface area contributed by atoms with E-state index in [0.717, 1.165) is 25.7 Å². The molecule has 0 bridgehead atoms. The van der Waals surface area contributed by atoms with Gasteiger partial charge in [-0.25, -0.2) is 4.21 Å². The van der Waals surface area contributed by atoms with Crippen molar-refractivity contribution < 1.29 is 17.9 Å². The van der Waals surface area contributed by atoms with Gasteiger partial charge in [0.15, 0.2) is 11.1 Å². The average molecular weight is 234 g/mol. The lowest BCUT2D eigenvalue weighted by molar-refractivity contribution is -0.146. The predicted octanol–water partition coefficient (Wildman–Crippen LogP) is 1.28. The smallest absolute Gasteiger partial charge is 0.308 e. The summed E-state index contributed by atoms with van der Waals surface area (Å²) >= 11 is -1.18. The normalized spacial score (nSPS) is 28.4. The summed E-state index contributed by atoms with van der Waals surface area (Å²) in [5, 5.41) is 0. The van der Waals surface area contributed by atoms with E-state index in [-0.39, 0.29) is 11.9 Å². The van der Waals surface area contributed by atoms with Crippen LogP contribution in [-0.4, -0.2) is 30.2 Å². The van der Waals surface area contributed by atoms with Crippen molar-refractivity contribution in [3.63, 3.8) is 0 Å². The van der Waals surface area contributed by atoms with Crippen LogP contribution >= 0.6 is 0 Å². The Kier molecular flexibility index (Phi) is 5.25. The Hall–Kier alpha value is -0.420. The summed E-state index contributed by atoms with van der Waals surface area (Å²) in [6.07, 6.45) is 5.15. The minimum atomic E-state index is -1.18. The van der Waals surface area contributed by atoms with E-state index in [1.165, 1.54) is 13.4 Å². The number of carbonyl (C=O) groups excluding carboxylic acids is 1. The van der Waals surface area contributed by atoms with Gasteiger partial charge in [-0.15, -0.1) is 0 Å². The highest BCUT2D eigenvalue weighted by Gasteiger charge is 2.26. The van der Waals surface area contributed by atoms with Crippen molar-refractivity contribution in [3.8, 4) is 0 Å². The molecule has 0 N–H and O–H groups in total. The number of hydrogen-bond acceptors (Lipinski definition) is 4. The van der Waals surface area contributed by atoms with E-state index in [2.05, 4.69) is 0 Å². The van der Waals surface area contributed by atoms with Crippen molar-refractivity contribution in [1.29, 1.82) is 0 Å². The minimum absolute atomic E-state index is 0.0540. The van der Waals surface area contributed by atoms with E-state index >= 15 is 0 Å². The third kappa shape index (κ3) is 4.30. The number of esters is 1. The quantitative estimate of drug-likeness (QED) is 0.687. The first-order valence-electron chi connectivity index (χ1n) is 5.18. The van der Waals surface area contributed by atoms with Crippen molar-refractivity contribution in [2.75, 3.05) is 20.0 Å².